The molecule has 0 atom stereocenters. The molecule has 5 nitrogen and oxygen atoms in total. The SMILES string of the molecule is O=C(Nc1cccnc1-n1cccn1)c1ccc(I)cc1. The van der Waals surface area contributed by atoms with E-state index in [-0.39, 0.29) is 5.91 Å². The second kappa shape index (κ2) is 6.04. The summed E-state index contributed by atoms with van der Waals surface area (Å²) in [5.74, 6) is 0.411. The van der Waals surface area contributed by atoms with Crippen molar-refractivity contribution in [2.75, 3.05) is 5.32 Å². The summed E-state index contributed by atoms with van der Waals surface area (Å²) in [7, 11) is 0. The van der Waals surface area contributed by atoms with E-state index < -0.39 is 0 Å². The van der Waals surface area contributed by atoms with Crippen molar-refractivity contribution in [3.63, 3.8) is 0 Å². The normalized spacial score (nSPS) is 10.3. The van der Waals surface area contributed by atoms with Gasteiger partial charge in [-0.25, -0.2) is 9.67 Å². The smallest absolute Gasteiger partial charge is 0.255 e. The number of hydrogen-bond donors (Lipinski definition) is 1. The topological polar surface area (TPSA) is 59.8 Å². The summed E-state index contributed by atoms with van der Waals surface area (Å²) >= 11 is 2.20. The highest BCUT2D eigenvalue weighted by atomic mass is 127. The Hall–Kier alpha value is -2.22. The Morgan fingerprint density at radius 1 is 1.10 bits per heavy atom. The van der Waals surface area contributed by atoms with Crippen LogP contribution in [0.25, 0.3) is 5.82 Å². The largest absolute Gasteiger partial charge is 0.319 e. The zero-order valence-electron chi connectivity index (χ0n) is 10.9. The van der Waals surface area contributed by atoms with Crippen molar-refractivity contribution in [1.29, 1.82) is 0 Å². The summed E-state index contributed by atoms with van der Waals surface area (Å²) in [6, 6.07) is 12.8. The number of pyridine rings is 1. The predicted molar refractivity (Wildman–Crippen MR) is 88.5 cm³/mol. The fourth-order valence-corrected chi connectivity index (χ4v) is 2.23. The number of nitrogens with one attached hydrogen (secondary N) is 1. The van der Waals surface area contributed by atoms with Gasteiger partial charge in [-0.2, -0.15) is 5.10 Å². The molecule has 0 bridgehead atoms. The maximum atomic E-state index is 12.3. The number of carbonyl (C=O) groups excluding carboxylic acids is 1. The van der Waals surface area contributed by atoms with Crippen LogP contribution in [0.15, 0.2) is 61.1 Å². The van der Waals surface area contributed by atoms with Crippen molar-refractivity contribution in [2.24, 2.45) is 0 Å². The number of halogens is 1. The minimum atomic E-state index is -0.173. The molecule has 0 unspecified atom stereocenters. The van der Waals surface area contributed by atoms with Crippen LogP contribution < -0.4 is 5.32 Å². The number of aromatic nitrogens is 3. The first-order chi connectivity index (χ1) is 10.2. The molecule has 2 aromatic heterocycles. The first kappa shape index (κ1) is 13.7. The van der Waals surface area contributed by atoms with E-state index in [2.05, 4.69) is 38.0 Å². The molecule has 1 N–H and O–H groups in total. The van der Waals surface area contributed by atoms with Gasteiger partial charge in [-0.3, -0.25) is 4.79 Å². The number of carbonyl (C=O) groups is 1. The molecule has 0 radical (unpaired) electrons. The van der Waals surface area contributed by atoms with E-state index in [4.69, 9.17) is 0 Å². The van der Waals surface area contributed by atoms with Gasteiger partial charge in [0.25, 0.3) is 5.91 Å². The van der Waals surface area contributed by atoms with Crippen molar-refractivity contribution in [3.8, 4) is 5.82 Å². The van der Waals surface area contributed by atoms with Crippen LogP contribution in [0.3, 0.4) is 0 Å². The van der Waals surface area contributed by atoms with Crippen LogP contribution >= 0.6 is 22.6 Å². The van der Waals surface area contributed by atoms with E-state index in [0.29, 0.717) is 17.1 Å². The van der Waals surface area contributed by atoms with Crippen molar-refractivity contribution >= 4 is 34.2 Å². The third-order valence-corrected chi connectivity index (χ3v) is 3.58. The van der Waals surface area contributed by atoms with Crippen LogP contribution in [0.1, 0.15) is 10.4 Å². The molecule has 3 rings (SSSR count). The molecule has 0 saturated heterocycles. The summed E-state index contributed by atoms with van der Waals surface area (Å²) < 4.78 is 2.70. The van der Waals surface area contributed by atoms with Crippen LogP contribution in [0.4, 0.5) is 5.69 Å². The van der Waals surface area contributed by atoms with Crippen LogP contribution in [-0.2, 0) is 0 Å². The second-order valence-electron chi connectivity index (χ2n) is 4.29. The lowest BCUT2D eigenvalue weighted by Crippen LogP contribution is -2.14. The molecule has 0 aliphatic heterocycles. The van der Waals surface area contributed by atoms with Gasteiger partial charge in [0.2, 0.25) is 0 Å². The van der Waals surface area contributed by atoms with E-state index in [0.717, 1.165) is 3.57 Å². The van der Waals surface area contributed by atoms with Gasteiger partial charge in [0, 0.05) is 27.7 Å². The summed E-state index contributed by atoms with van der Waals surface area (Å²) in [5, 5.41) is 7.01. The summed E-state index contributed by atoms with van der Waals surface area (Å²) in [6.07, 6.45) is 5.11. The lowest BCUT2D eigenvalue weighted by molar-refractivity contribution is 0.102. The average molecular weight is 390 g/mol. The van der Waals surface area contributed by atoms with Gasteiger partial charge in [0.15, 0.2) is 5.82 Å². The maximum Gasteiger partial charge on any atom is 0.255 e. The molecule has 2 heterocycles. The monoisotopic (exact) mass is 390 g/mol. The zero-order chi connectivity index (χ0) is 14.7. The van der Waals surface area contributed by atoms with E-state index in [9.17, 15) is 4.79 Å². The molecule has 3 aromatic rings. The molecular formula is C15H11IN4O. The molecule has 6 heteroatoms. The Morgan fingerprint density at radius 2 is 1.90 bits per heavy atom. The van der Waals surface area contributed by atoms with Gasteiger partial charge in [0.05, 0.1) is 5.69 Å². The molecule has 1 aromatic carbocycles. The number of amides is 1. The molecule has 1 amide bonds. The number of rotatable bonds is 3. The molecule has 0 aliphatic rings. The first-order valence-corrected chi connectivity index (χ1v) is 7.34. The lowest BCUT2D eigenvalue weighted by atomic mass is 10.2. The summed E-state index contributed by atoms with van der Waals surface area (Å²) in [5.41, 5.74) is 1.22. The third kappa shape index (κ3) is 3.10. The predicted octanol–water partition coefficient (Wildman–Crippen LogP) is 3.12. The number of hydrogen-bond acceptors (Lipinski definition) is 3. The maximum absolute atomic E-state index is 12.3. The first-order valence-electron chi connectivity index (χ1n) is 6.26. The lowest BCUT2D eigenvalue weighted by Gasteiger charge is -2.10. The minimum Gasteiger partial charge on any atom is -0.319 e. The van der Waals surface area contributed by atoms with Gasteiger partial charge in [-0.1, -0.05) is 0 Å². The highest BCUT2D eigenvalue weighted by molar-refractivity contribution is 14.1. The zero-order valence-corrected chi connectivity index (χ0v) is 13.1. The van der Waals surface area contributed by atoms with Crippen molar-refractivity contribution in [3.05, 3.63) is 70.2 Å². The van der Waals surface area contributed by atoms with Gasteiger partial charge >= 0.3 is 0 Å². The van der Waals surface area contributed by atoms with E-state index in [1.54, 1.807) is 53.6 Å². The fraction of sp³-hybridized carbons (Fsp3) is 0. The quantitative estimate of drug-likeness (QED) is 0.700. The molecule has 104 valence electrons. The third-order valence-electron chi connectivity index (χ3n) is 2.86. The van der Waals surface area contributed by atoms with Crippen molar-refractivity contribution in [1.82, 2.24) is 14.8 Å². The minimum absolute atomic E-state index is 0.173. The van der Waals surface area contributed by atoms with Crippen LogP contribution in [0.2, 0.25) is 0 Å². The second-order valence-corrected chi connectivity index (χ2v) is 5.53. The van der Waals surface area contributed by atoms with Crippen LogP contribution in [0, 0.1) is 3.57 Å². The standard InChI is InChI=1S/C15H11IN4O/c16-12-6-4-11(5-7-12)15(21)19-13-3-1-8-17-14(13)20-10-2-9-18-20/h1-10H,(H,19,21). The number of nitrogens with zero attached hydrogens (tertiary/aromatic N) is 3. The Bertz CT molecular complexity index is 754. The fourth-order valence-electron chi connectivity index (χ4n) is 1.87. The van der Waals surface area contributed by atoms with Crippen LogP contribution in [0.5, 0.6) is 0 Å². The number of anilines is 1. The Labute approximate surface area is 135 Å². The van der Waals surface area contributed by atoms with E-state index in [1.807, 2.05) is 12.1 Å². The van der Waals surface area contributed by atoms with Crippen molar-refractivity contribution < 1.29 is 4.79 Å². The number of benzene rings is 1. The van der Waals surface area contributed by atoms with Crippen LogP contribution in [-0.4, -0.2) is 20.7 Å². The summed E-state index contributed by atoms with van der Waals surface area (Å²) in [6.45, 7) is 0. The van der Waals surface area contributed by atoms with Crippen molar-refractivity contribution in [2.45, 2.75) is 0 Å². The molecular weight excluding hydrogens is 379 g/mol. The molecule has 21 heavy (non-hydrogen) atoms. The molecule has 0 spiro atoms. The van der Waals surface area contributed by atoms with E-state index >= 15 is 0 Å². The van der Waals surface area contributed by atoms with Gasteiger partial charge < -0.3 is 5.32 Å². The Morgan fingerprint density at radius 3 is 2.62 bits per heavy atom. The van der Waals surface area contributed by atoms with Gasteiger partial charge in [0.1, 0.15) is 0 Å². The highest BCUT2D eigenvalue weighted by Crippen LogP contribution is 2.17. The molecule has 0 saturated carbocycles. The summed E-state index contributed by atoms with van der Waals surface area (Å²) in [4.78, 5) is 16.5. The van der Waals surface area contributed by atoms with Gasteiger partial charge in [-0.15, -0.1) is 0 Å². The van der Waals surface area contributed by atoms with E-state index in [1.165, 1.54) is 0 Å². The van der Waals surface area contributed by atoms with Gasteiger partial charge in [-0.05, 0) is 65.1 Å². The average Bonchev–Trinajstić information content (AvgIpc) is 3.02. The Balaban J connectivity index is 1.88. The molecule has 0 aliphatic carbocycles. The Kier molecular flexibility index (Phi) is 3.96. The highest BCUT2D eigenvalue weighted by Gasteiger charge is 2.11. The molecule has 0 fully saturated rings.